The minimum Gasteiger partial charge on any atom is -0.431 e. The van der Waals surface area contributed by atoms with E-state index in [1.54, 1.807) is 0 Å². The zero-order valence-corrected chi connectivity index (χ0v) is 9.63. The van der Waals surface area contributed by atoms with Crippen molar-refractivity contribution >= 4 is 5.78 Å². The molecule has 8 heteroatoms. The Morgan fingerprint density at radius 1 is 1.26 bits per heavy atom. The maximum Gasteiger partial charge on any atom is 0.573 e. The number of Topliss-reactive ketones (excluding diaryl/α,β-unsaturated/α-hetero) is 1. The molecule has 0 fully saturated rings. The van der Waals surface area contributed by atoms with Crippen molar-refractivity contribution in [2.75, 3.05) is 0 Å². The number of halogens is 5. The molecular formula is C11H9F5O3. The van der Waals surface area contributed by atoms with Gasteiger partial charge in [0.05, 0.1) is 0 Å². The number of rotatable bonds is 5. The molecule has 0 heterocycles. The van der Waals surface area contributed by atoms with Crippen molar-refractivity contribution in [3.05, 3.63) is 23.8 Å². The van der Waals surface area contributed by atoms with Gasteiger partial charge in [0.15, 0.2) is 17.3 Å². The Kier molecular flexibility index (Phi) is 4.68. The summed E-state index contributed by atoms with van der Waals surface area (Å²) in [7, 11) is 0. The predicted octanol–water partition coefficient (Wildman–Crippen LogP) is 3.78. The average molecular weight is 284 g/mol. The molecule has 0 N–H and O–H groups in total. The zero-order chi connectivity index (χ0) is 14.6. The number of ether oxygens (including phenoxy) is 2. The van der Waals surface area contributed by atoms with Crippen LogP contribution in [0.2, 0.25) is 0 Å². The summed E-state index contributed by atoms with van der Waals surface area (Å²) in [5.74, 6) is -2.19. The largest absolute Gasteiger partial charge is 0.573 e. The zero-order valence-electron chi connectivity index (χ0n) is 9.63. The van der Waals surface area contributed by atoms with Crippen LogP contribution in [0.25, 0.3) is 0 Å². The molecule has 0 aliphatic heterocycles. The van der Waals surface area contributed by atoms with Gasteiger partial charge in [0.25, 0.3) is 0 Å². The van der Waals surface area contributed by atoms with Gasteiger partial charge < -0.3 is 9.47 Å². The highest BCUT2D eigenvalue weighted by Crippen LogP contribution is 2.34. The Morgan fingerprint density at radius 2 is 1.89 bits per heavy atom. The molecule has 0 unspecified atom stereocenters. The third-order valence-corrected chi connectivity index (χ3v) is 2.03. The van der Waals surface area contributed by atoms with Gasteiger partial charge in [-0.1, -0.05) is 6.92 Å². The van der Waals surface area contributed by atoms with Crippen LogP contribution in [0.15, 0.2) is 18.2 Å². The summed E-state index contributed by atoms with van der Waals surface area (Å²) in [6, 6.07) is 2.60. The number of hydrogen-bond donors (Lipinski definition) is 0. The van der Waals surface area contributed by atoms with Crippen molar-refractivity contribution < 1.29 is 36.2 Å². The molecular weight excluding hydrogens is 275 g/mol. The maximum atomic E-state index is 12.1. The molecule has 0 aliphatic carbocycles. The van der Waals surface area contributed by atoms with Gasteiger partial charge in [-0.05, 0) is 18.2 Å². The van der Waals surface area contributed by atoms with Crippen molar-refractivity contribution in [2.45, 2.75) is 26.3 Å². The first-order valence-electron chi connectivity index (χ1n) is 5.10. The lowest BCUT2D eigenvalue weighted by atomic mass is 10.1. The summed E-state index contributed by atoms with van der Waals surface area (Å²) >= 11 is 0. The molecule has 0 aliphatic rings. The molecule has 0 saturated heterocycles. The second kappa shape index (κ2) is 5.85. The second-order valence-electron chi connectivity index (χ2n) is 3.36. The van der Waals surface area contributed by atoms with Crippen LogP contribution in [-0.2, 0) is 0 Å². The van der Waals surface area contributed by atoms with E-state index in [2.05, 4.69) is 9.47 Å². The standard InChI is InChI=1S/C11H9F5O3/c1-2-7(17)6-3-4-8(19-11(14,15)16)9(5-6)18-10(12)13/h3-5,10H,2H2,1H3. The van der Waals surface area contributed by atoms with Gasteiger partial charge in [-0.2, -0.15) is 8.78 Å². The van der Waals surface area contributed by atoms with E-state index in [0.717, 1.165) is 18.2 Å². The number of hydrogen-bond acceptors (Lipinski definition) is 3. The number of ketones is 1. The first kappa shape index (κ1) is 15.2. The lowest BCUT2D eigenvalue weighted by Crippen LogP contribution is -2.18. The highest BCUT2D eigenvalue weighted by molar-refractivity contribution is 5.96. The number of alkyl halides is 5. The van der Waals surface area contributed by atoms with Gasteiger partial charge in [-0.15, -0.1) is 13.2 Å². The van der Waals surface area contributed by atoms with Gasteiger partial charge >= 0.3 is 13.0 Å². The van der Waals surface area contributed by atoms with Gasteiger partial charge in [0.2, 0.25) is 0 Å². The van der Waals surface area contributed by atoms with Crippen molar-refractivity contribution in [1.82, 2.24) is 0 Å². The minimum atomic E-state index is -5.05. The summed E-state index contributed by atoms with van der Waals surface area (Å²) in [6.07, 6.45) is -4.97. The molecule has 0 amide bonds. The van der Waals surface area contributed by atoms with Gasteiger partial charge in [0.1, 0.15) is 0 Å². The van der Waals surface area contributed by atoms with Crippen molar-refractivity contribution in [2.24, 2.45) is 0 Å². The van der Waals surface area contributed by atoms with Crippen molar-refractivity contribution in [1.29, 1.82) is 0 Å². The Bertz CT molecular complexity index is 456. The van der Waals surface area contributed by atoms with Crippen LogP contribution in [0.3, 0.4) is 0 Å². The van der Waals surface area contributed by atoms with Crippen LogP contribution in [0, 0.1) is 0 Å². The Hall–Kier alpha value is -1.86. The summed E-state index contributed by atoms with van der Waals surface area (Å²) < 4.78 is 67.8. The molecule has 3 nitrogen and oxygen atoms in total. The number of carbonyl (C=O) groups is 1. The van der Waals surface area contributed by atoms with E-state index < -0.39 is 30.3 Å². The monoisotopic (exact) mass is 284 g/mol. The topological polar surface area (TPSA) is 35.5 Å². The average Bonchev–Trinajstić information content (AvgIpc) is 2.28. The Labute approximate surface area is 104 Å². The van der Waals surface area contributed by atoms with Crippen molar-refractivity contribution in [3.63, 3.8) is 0 Å². The minimum absolute atomic E-state index is 0.0346. The third-order valence-electron chi connectivity index (χ3n) is 2.03. The second-order valence-corrected chi connectivity index (χ2v) is 3.36. The molecule has 0 radical (unpaired) electrons. The first-order chi connectivity index (χ1) is 8.73. The number of carbonyl (C=O) groups excluding carboxylic acids is 1. The molecule has 1 aromatic carbocycles. The first-order valence-corrected chi connectivity index (χ1v) is 5.10. The highest BCUT2D eigenvalue weighted by Gasteiger charge is 2.33. The lowest BCUT2D eigenvalue weighted by molar-refractivity contribution is -0.275. The van der Waals surface area contributed by atoms with E-state index in [9.17, 15) is 26.7 Å². The van der Waals surface area contributed by atoms with E-state index in [0.29, 0.717) is 0 Å². The van der Waals surface area contributed by atoms with Gasteiger partial charge in [-0.3, -0.25) is 4.79 Å². The van der Waals surface area contributed by atoms with Crippen molar-refractivity contribution in [3.8, 4) is 11.5 Å². The molecule has 0 bridgehead atoms. The molecule has 106 valence electrons. The third kappa shape index (κ3) is 4.72. The lowest BCUT2D eigenvalue weighted by Gasteiger charge is -2.14. The van der Waals surface area contributed by atoms with E-state index in [1.165, 1.54) is 6.92 Å². The van der Waals surface area contributed by atoms with Crippen LogP contribution in [-0.4, -0.2) is 18.8 Å². The van der Waals surface area contributed by atoms with E-state index >= 15 is 0 Å². The molecule has 0 spiro atoms. The fourth-order valence-corrected chi connectivity index (χ4v) is 1.28. The van der Waals surface area contributed by atoms with E-state index in [-0.39, 0.29) is 12.0 Å². The van der Waals surface area contributed by atoms with Crippen LogP contribution in [0.4, 0.5) is 22.0 Å². The quantitative estimate of drug-likeness (QED) is 0.609. The SMILES string of the molecule is CCC(=O)c1ccc(OC(F)(F)F)c(OC(F)F)c1. The molecule has 0 atom stereocenters. The Balaban J connectivity index is 3.12. The summed E-state index contributed by atoms with van der Waals surface area (Å²) in [6.45, 7) is -1.81. The van der Waals surface area contributed by atoms with Crippen LogP contribution < -0.4 is 9.47 Å². The smallest absolute Gasteiger partial charge is 0.431 e. The van der Waals surface area contributed by atoms with E-state index in [4.69, 9.17) is 0 Å². The summed E-state index contributed by atoms with van der Waals surface area (Å²) in [4.78, 5) is 11.3. The fraction of sp³-hybridized carbons (Fsp3) is 0.364. The maximum absolute atomic E-state index is 12.1. The normalized spacial score (nSPS) is 11.5. The van der Waals surface area contributed by atoms with Crippen LogP contribution in [0.1, 0.15) is 23.7 Å². The summed E-state index contributed by atoms with van der Waals surface area (Å²) in [5, 5.41) is 0. The van der Waals surface area contributed by atoms with Gasteiger partial charge in [-0.25, -0.2) is 0 Å². The fourth-order valence-electron chi connectivity index (χ4n) is 1.28. The molecule has 0 saturated carbocycles. The summed E-state index contributed by atoms with van der Waals surface area (Å²) in [5.41, 5.74) is -0.0346. The molecule has 1 aromatic rings. The predicted molar refractivity (Wildman–Crippen MR) is 54.4 cm³/mol. The van der Waals surface area contributed by atoms with E-state index in [1.807, 2.05) is 0 Å². The molecule has 1 rings (SSSR count). The Morgan fingerprint density at radius 3 is 2.37 bits per heavy atom. The highest BCUT2D eigenvalue weighted by atomic mass is 19.4. The van der Waals surface area contributed by atoms with Crippen LogP contribution in [0.5, 0.6) is 11.5 Å². The number of benzene rings is 1. The molecule has 19 heavy (non-hydrogen) atoms. The molecule has 0 aromatic heterocycles. The van der Waals surface area contributed by atoms with Gasteiger partial charge in [0, 0.05) is 12.0 Å². The van der Waals surface area contributed by atoms with Crippen LogP contribution >= 0.6 is 0 Å².